The molecule has 2 heterocycles. The van der Waals surface area contributed by atoms with Crippen molar-refractivity contribution in [3.63, 3.8) is 0 Å². The molecule has 5 heteroatoms. The summed E-state index contributed by atoms with van der Waals surface area (Å²) >= 11 is 0. The molecule has 0 saturated heterocycles. The number of para-hydroxylation sites is 3. The topological polar surface area (TPSA) is 72.1 Å². The van der Waals surface area contributed by atoms with Crippen LogP contribution < -0.4 is 5.73 Å². The van der Waals surface area contributed by atoms with Crippen LogP contribution in [-0.4, -0.2) is 21.1 Å². The number of hydrogen-bond acceptors (Lipinski definition) is 1. The number of aromatic nitrogens is 2. The number of nitrogens with one attached hydrogen (secondary N) is 1. The molecule has 6 rings (SSSR count). The molecule has 0 bridgehead atoms. The number of fused-ring (bicyclic) bond motifs is 6. The lowest BCUT2D eigenvalue weighted by atomic mass is 9.79. The Kier molecular flexibility index (Phi) is 5.48. The average Bonchev–Trinajstić information content (AvgIpc) is 3.40. The minimum absolute atomic E-state index is 0.00990. The molecule has 4 aromatic carbocycles. The number of nitrogens with two attached hydrogens (primary N) is 1. The summed E-state index contributed by atoms with van der Waals surface area (Å²) in [6.07, 6.45) is 0. The molecule has 0 saturated carbocycles. The van der Waals surface area contributed by atoms with E-state index in [9.17, 15) is 5.41 Å². The van der Waals surface area contributed by atoms with Gasteiger partial charge in [0.2, 0.25) is 11.9 Å². The van der Waals surface area contributed by atoms with E-state index in [2.05, 4.69) is 84.0 Å². The molecule has 0 radical (unpaired) electrons. The molecule has 3 N–H and O–H groups in total. The molecule has 2 aromatic heterocycles. The molecule has 6 aromatic rings. The van der Waals surface area contributed by atoms with Gasteiger partial charge in [0.25, 0.3) is 0 Å². The maximum absolute atomic E-state index is 9.32. The van der Waals surface area contributed by atoms with Gasteiger partial charge in [0.05, 0.1) is 22.1 Å². The van der Waals surface area contributed by atoms with Gasteiger partial charge in [0.15, 0.2) is 0 Å². The smallest absolute Gasteiger partial charge is 0.230 e. The average molecular weight is 514 g/mol. The predicted molar refractivity (Wildman–Crippen MR) is 166 cm³/mol. The van der Waals surface area contributed by atoms with Crippen LogP contribution in [0.2, 0.25) is 0 Å². The van der Waals surface area contributed by atoms with E-state index < -0.39 is 0 Å². The molecular formula is C34H35N5. The molecule has 0 unspecified atom stereocenters. The Morgan fingerprint density at radius 3 is 1.59 bits per heavy atom. The quantitative estimate of drug-likeness (QED) is 0.156. The first-order chi connectivity index (χ1) is 18.5. The fourth-order valence-corrected chi connectivity index (χ4v) is 5.70. The van der Waals surface area contributed by atoms with Gasteiger partial charge in [-0.3, -0.25) is 14.5 Å². The van der Waals surface area contributed by atoms with Crippen LogP contribution in [0.4, 0.5) is 0 Å². The van der Waals surface area contributed by atoms with Crippen LogP contribution in [0.25, 0.3) is 43.6 Å². The zero-order valence-corrected chi connectivity index (χ0v) is 23.5. The number of aliphatic imine (C=N–C) groups is 1. The Balaban J connectivity index is 1.64. The summed E-state index contributed by atoms with van der Waals surface area (Å²) in [5.41, 5.74) is 13.0. The van der Waals surface area contributed by atoms with Crippen molar-refractivity contribution in [2.24, 2.45) is 10.7 Å². The second-order valence-corrected chi connectivity index (χ2v) is 12.4. The first kappa shape index (κ1) is 24.9. The Bertz CT molecular complexity index is 1900. The van der Waals surface area contributed by atoms with Crippen molar-refractivity contribution in [3.05, 3.63) is 96.1 Å². The SMILES string of the molecule is CC(C)(C)c1cc(C(C)(C)C)c2c(c1)c1ccccc1n2C(=N)N=C(N)n1c2ccccc2c2ccccc21. The third kappa shape index (κ3) is 3.92. The summed E-state index contributed by atoms with van der Waals surface area (Å²) in [6.45, 7) is 13.4. The second-order valence-electron chi connectivity index (χ2n) is 12.4. The van der Waals surface area contributed by atoms with Gasteiger partial charge in [0.1, 0.15) is 0 Å². The molecule has 196 valence electrons. The van der Waals surface area contributed by atoms with Crippen molar-refractivity contribution in [1.82, 2.24) is 9.13 Å². The van der Waals surface area contributed by atoms with Gasteiger partial charge in [0, 0.05) is 21.5 Å². The van der Waals surface area contributed by atoms with Crippen molar-refractivity contribution in [1.29, 1.82) is 5.41 Å². The van der Waals surface area contributed by atoms with E-state index in [1.54, 1.807) is 0 Å². The Morgan fingerprint density at radius 1 is 0.641 bits per heavy atom. The van der Waals surface area contributed by atoms with Crippen molar-refractivity contribution in [2.45, 2.75) is 52.4 Å². The molecule has 0 aliphatic rings. The summed E-state index contributed by atoms with van der Waals surface area (Å²) in [6, 6.07) is 29.3. The lowest BCUT2D eigenvalue weighted by molar-refractivity contribution is 0.572. The second kappa shape index (κ2) is 8.57. The van der Waals surface area contributed by atoms with Crippen LogP contribution in [0, 0.1) is 5.41 Å². The minimum Gasteiger partial charge on any atom is -0.369 e. The normalized spacial score (nSPS) is 13.2. The highest BCUT2D eigenvalue weighted by Crippen LogP contribution is 2.40. The molecule has 0 fully saturated rings. The highest BCUT2D eigenvalue weighted by Gasteiger charge is 2.27. The zero-order chi connectivity index (χ0) is 27.7. The van der Waals surface area contributed by atoms with E-state index in [0.717, 1.165) is 43.6 Å². The summed E-state index contributed by atoms with van der Waals surface area (Å²) < 4.78 is 3.92. The highest BCUT2D eigenvalue weighted by molar-refractivity contribution is 6.18. The van der Waals surface area contributed by atoms with Gasteiger partial charge in [-0.2, -0.15) is 4.99 Å². The van der Waals surface area contributed by atoms with Crippen LogP contribution in [0.5, 0.6) is 0 Å². The van der Waals surface area contributed by atoms with E-state index in [-0.39, 0.29) is 22.7 Å². The molecule has 39 heavy (non-hydrogen) atoms. The fourth-order valence-electron chi connectivity index (χ4n) is 5.70. The summed E-state index contributed by atoms with van der Waals surface area (Å²) in [5.74, 6) is 0.363. The minimum atomic E-state index is -0.145. The third-order valence-electron chi connectivity index (χ3n) is 7.68. The van der Waals surface area contributed by atoms with E-state index in [1.165, 1.54) is 11.1 Å². The monoisotopic (exact) mass is 513 g/mol. The summed E-state index contributed by atoms with van der Waals surface area (Å²) in [4.78, 5) is 4.76. The van der Waals surface area contributed by atoms with Gasteiger partial charge >= 0.3 is 0 Å². The van der Waals surface area contributed by atoms with E-state index >= 15 is 0 Å². The summed E-state index contributed by atoms with van der Waals surface area (Å²) in [5, 5.41) is 13.8. The molecule has 0 aliphatic heterocycles. The van der Waals surface area contributed by atoms with Gasteiger partial charge in [-0.05, 0) is 46.2 Å². The molecule has 0 amide bonds. The largest absolute Gasteiger partial charge is 0.369 e. The van der Waals surface area contributed by atoms with Crippen LogP contribution in [-0.2, 0) is 10.8 Å². The first-order valence-electron chi connectivity index (χ1n) is 13.5. The number of nitrogens with zero attached hydrogens (tertiary/aromatic N) is 3. The van der Waals surface area contributed by atoms with Crippen molar-refractivity contribution in [3.8, 4) is 0 Å². The first-order valence-corrected chi connectivity index (χ1v) is 13.5. The molecule has 0 spiro atoms. The Hall–Kier alpha value is -4.38. The fraction of sp³-hybridized carbons (Fsp3) is 0.235. The van der Waals surface area contributed by atoms with Gasteiger partial charge in [-0.25, -0.2) is 0 Å². The number of rotatable bonds is 0. The number of hydrogen-bond donors (Lipinski definition) is 2. The molecule has 5 nitrogen and oxygen atoms in total. The molecule has 0 aliphatic carbocycles. The number of benzene rings is 4. The standard InChI is InChI=1S/C34H35N5/c1-33(2,3)21-19-25-24-15-9-12-18-29(24)39(30(25)26(20-21)34(4,5)6)32(36)37-31(35)38-27-16-10-7-13-22(27)23-14-8-11-17-28(23)38/h7-20H,1-6H3,(H3,35,36,37). The third-order valence-corrected chi connectivity index (χ3v) is 7.68. The molecular weight excluding hydrogens is 478 g/mol. The van der Waals surface area contributed by atoms with Gasteiger partial charge in [-0.1, -0.05) is 102 Å². The lowest BCUT2D eigenvalue weighted by Gasteiger charge is -2.26. The van der Waals surface area contributed by atoms with E-state index in [1.807, 2.05) is 51.6 Å². The summed E-state index contributed by atoms with van der Waals surface area (Å²) in [7, 11) is 0. The Labute approximate surface area is 229 Å². The van der Waals surface area contributed by atoms with Crippen LogP contribution >= 0.6 is 0 Å². The van der Waals surface area contributed by atoms with Crippen molar-refractivity contribution < 1.29 is 0 Å². The zero-order valence-electron chi connectivity index (χ0n) is 23.5. The van der Waals surface area contributed by atoms with Crippen LogP contribution in [0.3, 0.4) is 0 Å². The Morgan fingerprint density at radius 2 is 1.10 bits per heavy atom. The van der Waals surface area contributed by atoms with Crippen molar-refractivity contribution in [2.75, 3.05) is 0 Å². The van der Waals surface area contributed by atoms with E-state index in [0.29, 0.717) is 0 Å². The maximum atomic E-state index is 9.32. The van der Waals surface area contributed by atoms with Gasteiger partial charge in [-0.15, -0.1) is 0 Å². The maximum Gasteiger partial charge on any atom is 0.230 e. The molecule has 0 atom stereocenters. The predicted octanol–water partition coefficient (Wildman–Crippen LogP) is 8.14. The van der Waals surface area contributed by atoms with Crippen molar-refractivity contribution >= 4 is 55.5 Å². The van der Waals surface area contributed by atoms with Crippen LogP contribution in [0.1, 0.15) is 52.7 Å². The lowest BCUT2D eigenvalue weighted by Crippen LogP contribution is -2.25. The highest BCUT2D eigenvalue weighted by atomic mass is 15.2. The van der Waals surface area contributed by atoms with E-state index in [4.69, 9.17) is 10.7 Å². The van der Waals surface area contributed by atoms with Gasteiger partial charge < -0.3 is 5.73 Å². The van der Waals surface area contributed by atoms with Crippen LogP contribution in [0.15, 0.2) is 89.9 Å².